The first kappa shape index (κ1) is 25.0. The molecule has 0 radical (unpaired) electrons. The molecule has 0 saturated carbocycles. The van der Waals surface area contributed by atoms with Crippen molar-refractivity contribution < 1.29 is 22.7 Å². The Labute approximate surface area is 204 Å². The number of anilines is 3. The third-order valence-electron chi connectivity index (χ3n) is 4.19. The summed E-state index contributed by atoms with van der Waals surface area (Å²) in [6, 6.07) is 10.4. The van der Waals surface area contributed by atoms with Gasteiger partial charge in [-0.25, -0.2) is 13.4 Å². The van der Waals surface area contributed by atoms with Crippen molar-refractivity contribution in [3.8, 4) is 0 Å². The van der Waals surface area contributed by atoms with Crippen molar-refractivity contribution in [1.82, 2.24) is 4.98 Å². The number of esters is 1. The smallest absolute Gasteiger partial charge is 0.321 e. The van der Waals surface area contributed by atoms with Crippen molar-refractivity contribution in [2.24, 2.45) is 0 Å². The number of nitrogens with zero attached hydrogens (tertiary/aromatic N) is 1. The summed E-state index contributed by atoms with van der Waals surface area (Å²) in [5.74, 6) is -2.02. The van der Waals surface area contributed by atoms with E-state index in [1.165, 1.54) is 24.3 Å². The molecule has 1 aromatic heterocycles. The third kappa shape index (κ3) is 6.02. The molecule has 3 N–H and O–H groups in total. The molecule has 8 nitrogen and oxygen atoms in total. The van der Waals surface area contributed by atoms with Gasteiger partial charge >= 0.3 is 5.97 Å². The van der Waals surface area contributed by atoms with Crippen LogP contribution in [0.2, 0.25) is 10.0 Å². The number of nitrogens with one attached hydrogen (secondary N) is 1. The lowest BCUT2D eigenvalue weighted by atomic mass is 10.1. The van der Waals surface area contributed by atoms with E-state index >= 15 is 0 Å². The molecular formula is C21H19Cl2N3O5S2. The maximum absolute atomic E-state index is 12.9. The van der Waals surface area contributed by atoms with Crippen molar-refractivity contribution >= 4 is 72.8 Å². The van der Waals surface area contributed by atoms with E-state index in [0.29, 0.717) is 10.8 Å². The Hall–Kier alpha value is -2.66. The van der Waals surface area contributed by atoms with E-state index in [1.54, 1.807) is 32.0 Å². The Balaban J connectivity index is 1.76. The highest BCUT2D eigenvalue weighted by molar-refractivity contribution is 7.92. The van der Waals surface area contributed by atoms with Crippen LogP contribution in [0.25, 0.3) is 0 Å². The Morgan fingerprint density at radius 2 is 1.73 bits per heavy atom. The van der Waals surface area contributed by atoms with Crippen LogP contribution in [0, 0.1) is 0 Å². The van der Waals surface area contributed by atoms with E-state index < -0.39 is 33.4 Å². The molecule has 0 amide bonds. The largest absolute Gasteiger partial charge is 0.462 e. The van der Waals surface area contributed by atoms with Crippen LogP contribution in [0.4, 0.5) is 16.6 Å². The van der Waals surface area contributed by atoms with Gasteiger partial charge in [-0.05, 0) is 50.2 Å². The molecular weight excluding hydrogens is 509 g/mol. The quantitative estimate of drug-likeness (QED) is 0.317. The number of sulfone groups is 1. The molecule has 0 saturated heterocycles. The predicted molar refractivity (Wildman–Crippen MR) is 129 cm³/mol. The second-order valence-electron chi connectivity index (χ2n) is 7.11. The molecule has 0 fully saturated rings. The van der Waals surface area contributed by atoms with Crippen molar-refractivity contribution in [3.63, 3.8) is 0 Å². The summed E-state index contributed by atoms with van der Waals surface area (Å²) in [5.41, 5.74) is 6.56. The first-order valence-corrected chi connectivity index (χ1v) is 12.7. The maximum Gasteiger partial charge on any atom is 0.321 e. The molecule has 0 spiro atoms. The number of carbonyl (C=O) groups excluding carboxylic acids is 2. The molecule has 0 atom stereocenters. The van der Waals surface area contributed by atoms with E-state index in [1.807, 2.05) is 0 Å². The highest BCUT2D eigenvalue weighted by atomic mass is 35.5. The lowest BCUT2D eigenvalue weighted by Crippen LogP contribution is -2.21. The van der Waals surface area contributed by atoms with Crippen molar-refractivity contribution in [2.45, 2.75) is 24.8 Å². The number of thiazole rings is 1. The summed E-state index contributed by atoms with van der Waals surface area (Å²) < 4.78 is 29.7. The molecule has 1 heterocycles. The Morgan fingerprint density at radius 1 is 1.12 bits per heavy atom. The minimum absolute atomic E-state index is 0.00588. The normalized spacial score (nSPS) is 11.4. The predicted octanol–water partition coefficient (Wildman–Crippen LogP) is 4.73. The van der Waals surface area contributed by atoms with Gasteiger partial charge in [-0.3, -0.25) is 9.59 Å². The van der Waals surface area contributed by atoms with E-state index in [-0.39, 0.29) is 31.2 Å². The summed E-state index contributed by atoms with van der Waals surface area (Å²) in [4.78, 5) is 28.9. The van der Waals surface area contributed by atoms with Gasteiger partial charge in [-0.1, -0.05) is 40.6 Å². The highest BCUT2D eigenvalue weighted by Crippen LogP contribution is 2.34. The van der Waals surface area contributed by atoms with E-state index in [0.717, 1.165) is 11.3 Å². The molecule has 0 aliphatic rings. The first-order valence-electron chi connectivity index (χ1n) is 9.52. The first-order chi connectivity index (χ1) is 15.5. The zero-order valence-electron chi connectivity index (χ0n) is 17.5. The Kier molecular flexibility index (Phi) is 7.63. The number of halogens is 2. The Bertz CT molecular complexity index is 1290. The lowest BCUT2D eigenvalue weighted by Gasteiger charge is -2.09. The summed E-state index contributed by atoms with van der Waals surface area (Å²) in [6.07, 6.45) is -0.407. The van der Waals surface area contributed by atoms with Gasteiger partial charge in [0.25, 0.3) is 0 Å². The molecule has 12 heteroatoms. The molecule has 3 aromatic rings. The van der Waals surface area contributed by atoms with Gasteiger partial charge in [0.15, 0.2) is 20.7 Å². The fourth-order valence-electron chi connectivity index (χ4n) is 2.78. The van der Waals surface area contributed by atoms with Gasteiger partial charge in [0.2, 0.25) is 5.78 Å². The standard InChI is InChI=1S/C21H19Cl2N3O5S2/c1-11(2)31-16(27)10-33(29,30)13-8-6-12(7-9-13)25-21-26-20(24)19(32-21)18(28)17-14(22)4-3-5-15(17)23/h3-9,11H,10,24H2,1-2H3,(H,25,26). The highest BCUT2D eigenvalue weighted by Gasteiger charge is 2.23. The lowest BCUT2D eigenvalue weighted by molar-refractivity contribution is -0.144. The van der Waals surface area contributed by atoms with Crippen LogP contribution in [0.5, 0.6) is 0 Å². The van der Waals surface area contributed by atoms with E-state index in [2.05, 4.69) is 10.3 Å². The van der Waals surface area contributed by atoms with Gasteiger partial charge < -0.3 is 15.8 Å². The molecule has 0 aliphatic heterocycles. The molecule has 0 bridgehead atoms. The SMILES string of the molecule is CC(C)OC(=O)CS(=O)(=O)c1ccc(Nc2nc(N)c(C(=O)c3c(Cl)cccc3Cl)s2)cc1. The van der Waals surface area contributed by atoms with Gasteiger partial charge in [0, 0.05) is 5.69 Å². The van der Waals surface area contributed by atoms with Crippen LogP contribution < -0.4 is 11.1 Å². The topological polar surface area (TPSA) is 128 Å². The molecule has 0 aliphatic carbocycles. The van der Waals surface area contributed by atoms with Crippen LogP contribution in [0.15, 0.2) is 47.4 Å². The second-order valence-corrected chi connectivity index (χ2v) is 10.9. The zero-order valence-corrected chi connectivity index (χ0v) is 20.6. The molecule has 174 valence electrons. The summed E-state index contributed by atoms with van der Waals surface area (Å²) in [5, 5.41) is 3.68. The van der Waals surface area contributed by atoms with Gasteiger partial charge in [0.05, 0.1) is 26.6 Å². The fourth-order valence-corrected chi connectivity index (χ4v) is 5.30. The van der Waals surface area contributed by atoms with Crippen LogP contribution in [0.1, 0.15) is 29.1 Å². The summed E-state index contributed by atoms with van der Waals surface area (Å²) in [7, 11) is -3.85. The number of hydrogen-bond donors (Lipinski definition) is 2. The fraction of sp³-hybridized carbons (Fsp3) is 0.190. The van der Waals surface area contributed by atoms with Gasteiger partial charge in [-0.2, -0.15) is 0 Å². The van der Waals surface area contributed by atoms with Crippen molar-refractivity contribution in [1.29, 1.82) is 0 Å². The average Bonchev–Trinajstić information content (AvgIpc) is 3.07. The number of ether oxygens (including phenoxy) is 1. The number of rotatable bonds is 8. The monoisotopic (exact) mass is 527 g/mol. The molecule has 3 rings (SSSR count). The number of benzene rings is 2. The molecule has 2 aromatic carbocycles. The minimum Gasteiger partial charge on any atom is -0.462 e. The van der Waals surface area contributed by atoms with E-state index in [9.17, 15) is 18.0 Å². The van der Waals surface area contributed by atoms with Crippen molar-refractivity contribution in [2.75, 3.05) is 16.8 Å². The van der Waals surface area contributed by atoms with Gasteiger partial charge in [0.1, 0.15) is 10.7 Å². The van der Waals surface area contributed by atoms with Gasteiger partial charge in [-0.15, -0.1) is 0 Å². The third-order valence-corrected chi connectivity index (χ3v) is 7.41. The van der Waals surface area contributed by atoms with Crippen LogP contribution >= 0.6 is 34.5 Å². The number of nitrogen functional groups attached to an aromatic ring is 1. The van der Waals surface area contributed by atoms with E-state index in [4.69, 9.17) is 33.7 Å². The summed E-state index contributed by atoms with van der Waals surface area (Å²) in [6.45, 7) is 3.27. The van der Waals surface area contributed by atoms with Crippen molar-refractivity contribution in [3.05, 3.63) is 63.0 Å². The average molecular weight is 528 g/mol. The second kappa shape index (κ2) is 10.1. The molecule has 33 heavy (non-hydrogen) atoms. The summed E-state index contributed by atoms with van der Waals surface area (Å²) >= 11 is 13.2. The van der Waals surface area contributed by atoms with Crippen LogP contribution in [0.3, 0.4) is 0 Å². The number of nitrogens with two attached hydrogens (primary N) is 1. The number of carbonyl (C=O) groups is 2. The number of aromatic nitrogens is 1. The van der Waals surface area contributed by atoms with Crippen LogP contribution in [-0.2, 0) is 19.4 Å². The minimum atomic E-state index is -3.85. The number of hydrogen-bond acceptors (Lipinski definition) is 9. The maximum atomic E-state index is 12.9. The zero-order chi connectivity index (χ0) is 24.3. The Morgan fingerprint density at radius 3 is 2.30 bits per heavy atom. The molecule has 0 unspecified atom stereocenters. The van der Waals surface area contributed by atoms with Crippen LogP contribution in [-0.4, -0.2) is 37.0 Å². The number of ketones is 1.